The summed E-state index contributed by atoms with van der Waals surface area (Å²) in [6, 6.07) is 7.35. The van der Waals surface area contributed by atoms with E-state index in [2.05, 4.69) is 4.90 Å². The third kappa shape index (κ3) is 3.87. The zero-order chi connectivity index (χ0) is 14.5. The van der Waals surface area contributed by atoms with Crippen molar-refractivity contribution in [3.8, 4) is 5.75 Å². The summed E-state index contributed by atoms with van der Waals surface area (Å²) in [6.07, 6.45) is 2.02. The Hall–Kier alpha value is -1.26. The Morgan fingerprint density at radius 2 is 2.10 bits per heavy atom. The molecule has 0 aliphatic carbocycles. The molecule has 0 spiro atoms. The third-order valence-electron chi connectivity index (χ3n) is 3.55. The monoisotopic (exact) mass is 296 g/mol. The fourth-order valence-electron chi connectivity index (χ4n) is 2.48. The van der Waals surface area contributed by atoms with Crippen molar-refractivity contribution in [3.63, 3.8) is 0 Å². The molecule has 1 aliphatic heterocycles. The van der Waals surface area contributed by atoms with E-state index in [0.29, 0.717) is 11.6 Å². The van der Waals surface area contributed by atoms with Crippen LogP contribution in [-0.2, 0) is 4.79 Å². The number of amides is 1. The molecule has 1 atom stereocenters. The summed E-state index contributed by atoms with van der Waals surface area (Å²) in [6.45, 7) is 2.32. The first kappa shape index (κ1) is 15.1. The highest BCUT2D eigenvalue weighted by molar-refractivity contribution is 6.30. The lowest BCUT2D eigenvalue weighted by Gasteiger charge is -2.25. The van der Waals surface area contributed by atoms with Crippen molar-refractivity contribution in [2.45, 2.75) is 18.9 Å². The molecule has 110 valence electrons. The van der Waals surface area contributed by atoms with Crippen LogP contribution in [0.4, 0.5) is 0 Å². The van der Waals surface area contributed by atoms with Gasteiger partial charge in [0.05, 0.1) is 6.04 Å². The lowest BCUT2D eigenvalue weighted by Crippen LogP contribution is -2.44. The topological polar surface area (TPSA) is 32.8 Å². The maximum atomic E-state index is 12.1. The molecule has 1 aliphatic rings. The van der Waals surface area contributed by atoms with E-state index in [1.54, 1.807) is 4.90 Å². The Bertz CT molecular complexity index is 448. The van der Waals surface area contributed by atoms with Gasteiger partial charge in [-0.3, -0.25) is 9.69 Å². The van der Waals surface area contributed by atoms with Crippen LogP contribution in [0, 0.1) is 0 Å². The first-order chi connectivity index (χ1) is 9.58. The van der Waals surface area contributed by atoms with Gasteiger partial charge in [-0.05, 0) is 43.7 Å². The molecule has 1 fully saturated rings. The van der Waals surface area contributed by atoms with Crippen molar-refractivity contribution >= 4 is 17.5 Å². The Labute approximate surface area is 125 Å². The standard InChI is InChI=1S/C15H21ClN2O2/c1-17(2)15(19)14-4-3-9-18(14)10-11-20-13-7-5-12(16)6-8-13/h5-8,14H,3-4,9-11H2,1-2H3. The van der Waals surface area contributed by atoms with E-state index in [9.17, 15) is 4.79 Å². The van der Waals surface area contributed by atoms with Crippen LogP contribution in [0.5, 0.6) is 5.75 Å². The Kier molecular flexibility index (Phi) is 5.26. The lowest BCUT2D eigenvalue weighted by atomic mass is 10.2. The molecule has 1 heterocycles. The molecule has 20 heavy (non-hydrogen) atoms. The molecule has 1 aromatic rings. The van der Waals surface area contributed by atoms with Gasteiger partial charge in [0, 0.05) is 25.7 Å². The molecule has 5 heteroatoms. The molecular weight excluding hydrogens is 276 g/mol. The molecular formula is C15H21ClN2O2. The highest BCUT2D eigenvalue weighted by Crippen LogP contribution is 2.19. The van der Waals surface area contributed by atoms with Gasteiger partial charge in [-0.15, -0.1) is 0 Å². The average molecular weight is 297 g/mol. The molecule has 0 N–H and O–H groups in total. The van der Waals surface area contributed by atoms with Crippen LogP contribution >= 0.6 is 11.6 Å². The van der Waals surface area contributed by atoms with Gasteiger partial charge < -0.3 is 9.64 Å². The lowest BCUT2D eigenvalue weighted by molar-refractivity contribution is -0.133. The second-order valence-corrected chi connectivity index (χ2v) is 5.67. The fraction of sp³-hybridized carbons (Fsp3) is 0.533. The van der Waals surface area contributed by atoms with Crippen LogP contribution in [0.25, 0.3) is 0 Å². The Morgan fingerprint density at radius 3 is 2.75 bits per heavy atom. The van der Waals surface area contributed by atoms with Crippen molar-refractivity contribution in [1.29, 1.82) is 0 Å². The summed E-state index contributed by atoms with van der Waals surface area (Å²) in [4.78, 5) is 15.9. The van der Waals surface area contributed by atoms with E-state index in [4.69, 9.17) is 16.3 Å². The summed E-state index contributed by atoms with van der Waals surface area (Å²) in [7, 11) is 3.62. The summed E-state index contributed by atoms with van der Waals surface area (Å²) in [5.74, 6) is 0.998. The molecule has 0 bridgehead atoms. The number of hydrogen-bond acceptors (Lipinski definition) is 3. The SMILES string of the molecule is CN(C)C(=O)C1CCCN1CCOc1ccc(Cl)cc1. The average Bonchev–Trinajstić information content (AvgIpc) is 2.88. The van der Waals surface area contributed by atoms with E-state index in [1.807, 2.05) is 38.4 Å². The number of nitrogens with zero attached hydrogens (tertiary/aromatic N) is 2. The van der Waals surface area contributed by atoms with E-state index in [0.717, 1.165) is 31.7 Å². The van der Waals surface area contributed by atoms with Gasteiger partial charge in [0.1, 0.15) is 12.4 Å². The Balaban J connectivity index is 1.81. The minimum atomic E-state index is 0.0128. The van der Waals surface area contributed by atoms with Crippen molar-refractivity contribution in [2.24, 2.45) is 0 Å². The molecule has 0 radical (unpaired) electrons. The molecule has 1 unspecified atom stereocenters. The van der Waals surface area contributed by atoms with Crippen LogP contribution in [0.1, 0.15) is 12.8 Å². The quantitative estimate of drug-likeness (QED) is 0.836. The number of hydrogen-bond donors (Lipinski definition) is 0. The highest BCUT2D eigenvalue weighted by atomic mass is 35.5. The zero-order valence-electron chi connectivity index (χ0n) is 12.0. The second kappa shape index (κ2) is 6.95. The summed E-state index contributed by atoms with van der Waals surface area (Å²) >= 11 is 5.83. The van der Waals surface area contributed by atoms with Gasteiger partial charge in [0.25, 0.3) is 0 Å². The number of likely N-dealkylation sites (N-methyl/N-ethyl adjacent to an activating group) is 1. The van der Waals surface area contributed by atoms with Crippen LogP contribution in [-0.4, -0.2) is 55.5 Å². The minimum Gasteiger partial charge on any atom is -0.492 e. The van der Waals surface area contributed by atoms with Gasteiger partial charge in [-0.25, -0.2) is 0 Å². The third-order valence-corrected chi connectivity index (χ3v) is 3.80. The number of carbonyl (C=O) groups excluding carboxylic acids is 1. The van der Waals surface area contributed by atoms with Crippen LogP contribution < -0.4 is 4.74 Å². The highest BCUT2D eigenvalue weighted by Gasteiger charge is 2.31. The van der Waals surface area contributed by atoms with Gasteiger partial charge >= 0.3 is 0 Å². The first-order valence-corrected chi connectivity index (χ1v) is 7.29. The number of likely N-dealkylation sites (tertiary alicyclic amines) is 1. The molecule has 1 aromatic carbocycles. The van der Waals surface area contributed by atoms with Gasteiger partial charge in [0.15, 0.2) is 0 Å². The van der Waals surface area contributed by atoms with E-state index in [-0.39, 0.29) is 11.9 Å². The first-order valence-electron chi connectivity index (χ1n) is 6.91. The number of halogens is 1. The molecule has 1 amide bonds. The van der Waals surface area contributed by atoms with Crippen LogP contribution in [0.2, 0.25) is 5.02 Å². The minimum absolute atomic E-state index is 0.0128. The predicted octanol–water partition coefficient (Wildman–Crippen LogP) is 2.27. The van der Waals surface area contributed by atoms with E-state index < -0.39 is 0 Å². The Morgan fingerprint density at radius 1 is 1.40 bits per heavy atom. The summed E-state index contributed by atoms with van der Waals surface area (Å²) in [5.41, 5.74) is 0. The number of ether oxygens (including phenoxy) is 1. The van der Waals surface area contributed by atoms with Crippen molar-refractivity contribution in [3.05, 3.63) is 29.3 Å². The maximum absolute atomic E-state index is 12.1. The van der Waals surface area contributed by atoms with E-state index in [1.165, 1.54) is 0 Å². The summed E-state index contributed by atoms with van der Waals surface area (Å²) in [5, 5.41) is 0.702. The van der Waals surface area contributed by atoms with Gasteiger partial charge in [-0.1, -0.05) is 11.6 Å². The second-order valence-electron chi connectivity index (χ2n) is 5.23. The van der Waals surface area contributed by atoms with E-state index >= 15 is 0 Å². The molecule has 0 saturated carbocycles. The molecule has 4 nitrogen and oxygen atoms in total. The number of carbonyl (C=O) groups is 1. The zero-order valence-corrected chi connectivity index (χ0v) is 12.8. The van der Waals surface area contributed by atoms with Gasteiger partial charge in [0.2, 0.25) is 5.91 Å². The molecule has 0 aromatic heterocycles. The smallest absolute Gasteiger partial charge is 0.239 e. The number of benzene rings is 1. The normalized spacial score (nSPS) is 19.1. The van der Waals surface area contributed by atoms with Crippen molar-refractivity contribution in [2.75, 3.05) is 33.8 Å². The van der Waals surface area contributed by atoms with Crippen molar-refractivity contribution < 1.29 is 9.53 Å². The molecule has 2 rings (SSSR count). The van der Waals surface area contributed by atoms with Crippen LogP contribution in [0.15, 0.2) is 24.3 Å². The number of rotatable bonds is 5. The van der Waals surface area contributed by atoms with Crippen LogP contribution in [0.3, 0.4) is 0 Å². The summed E-state index contributed by atoms with van der Waals surface area (Å²) < 4.78 is 5.69. The predicted molar refractivity (Wildman–Crippen MR) is 80.2 cm³/mol. The fourth-order valence-corrected chi connectivity index (χ4v) is 2.61. The largest absolute Gasteiger partial charge is 0.492 e. The molecule has 1 saturated heterocycles. The maximum Gasteiger partial charge on any atom is 0.239 e. The van der Waals surface area contributed by atoms with Gasteiger partial charge in [-0.2, -0.15) is 0 Å². The van der Waals surface area contributed by atoms with Crippen molar-refractivity contribution in [1.82, 2.24) is 9.80 Å².